The Kier molecular flexibility index (Phi) is 4.14. The minimum Gasteiger partial charge on any atom is -0.314 e. The summed E-state index contributed by atoms with van der Waals surface area (Å²) in [6, 6.07) is 2.55. The second-order valence-corrected chi connectivity index (χ2v) is 7.16. The number of rotatable bonds is 4. The van der Waals surface area contributed by atoms with Crippen molar-refractivity contribution in [1.29, 1.82) is 0 Å². The first kappa shape index (κ1) is 13.4. The Labute approximate surface area is 107 Å². The van der Waals surface area contributed by atoms with Crippen LogP contribution in [0.5, 0.6) is 0 Å². The summed E-state index contributed by atoms with van der Waals surface area (Å²) in [6.45, 7) is 11.8. The van der Waals surface area contributed by atoms with Crippen molar-refractivity contribution in [2.75, 3.05) is 13.1 Å². The standard InChI is InChI=1S/C15H30N2/c1-5-16-12-10-13-6-7-14(11-12)17(13)9-8-15(2,3)4/h12-14,16H,5-11H2,1-4H3. The predicted molar refractivity (Wildman–Crippen MR) is 74.3 cm³/mol. The summed E-state index contributed by atoms with van der Waals surface area (Å²) in [4.78, 5) is 2.82. The molecule has 0 saturated carbocycles. The molecule has 2 bridgehead atoms. The Morgan fingerprint density at radius 2 is 1.71 bits per heavy atom. The van der Waals surface area contributed by atoms with E-state index < -0.39 is 0 Å². The lowest BCUT2D eigenvalue weighted by Gasteiger charge is -2.40. The molecule has 0 aromatic carbocycles. The molecule has 2 atom stereocenters. The van der Waals surface area contributed by atoms with Crippen LogP contribution >= 0.6 is 0 Å². The Hall–Kier alpha value is -0.0800. The zero-order valence-corrected chi connectivity index (χ0v) is 12.1. The summed E-state index contributed by atoms with van der Waals surface area (Å²) < 4.78 is 0. The molecule has 17 heavy (non-hydrogen) atoms. The highest BCUT2D eigenvalue weighted by Gasteiger charge is 2.40. The van der Waals surface area contributed by atoms with Crippen LogP contribution in [0.25, 0.3) is 0 Å². The van der Waals surface area contributed by atoms with Crippen molar-refractivity contribution in [3.8, 4) is 0 Å². The third-order valence-corrected chi connectivity index (χ3v) is 4.50. The Morgan fingerprint density at radius 1 is 1.12 bits per heavy atom. The number of hydrogen-bond donors (Lipinski definition) is 1. The van der Waals surface area contributed by atoms with Gasteiger partial charge in [0.25, 0.3) is 0 Å². The molecule has 0 spiro atoms. The summed E-state index contributed by atoms with van der Waals surface area (Å²) in [5, 5.41) is 3.65. The third-order valence-electron chi connectivity index (χ3n) is 4.50. The topological polar surface area (TPSA) is 15.3 Å². The number of fused-ring (bicyclic) bond motifs is 2. The zero-order valence-electron chi connectivity index (χ0n) is 12.1. The van der Waals surface area contributed by atoms with Gasteiger partial charge in [-0.05, 0) is 50.6 Å². The molecule has 0 aliphatic carbocycles. The fourth-order valence-corrected chi connectivity index (χ4v) is 3.56. The molecule has 100 valence electrons. The van der Waals surface area contributed by atoms with E-state index in [2.05, 4.69) is 37.9 Å². The molecule has 2 rings (SSSR count). The van der Waals surface area contributed by atoms with Crippen molar-refractivity contribution >= 4 is 0 Å². The minimum atomic E-state index is 0.484. The average Bonchev–Trinajstić information content (AvgIpc) is 2.45. The Bertz CT molecular complexity index is 230. The van der Waals surface area contributed by atoms with Crippen LogP contribution in [-0.2, 0) is 0 Å². The molecule has 2 unspecified atom stereocenters. The summed E-state index contributed by atoms with van der Waals surface area (Å²) in [5.41, 5.74) is 0.484. The maximum atomic E-state index is 3.65. The van der Waals surface area contributed by atoms with Gasteiger partial charge in [0, 0.05) is 18.1 Å². The first-order valence-electron chi connectivity index (χ1n) is 7.49. The van der Waals surface area contributed by atoms with Gasteiger partial charge in [0.2, 0.25) is 0 Å². The molecule has 2 nitrogen and oxygen atoms in total. The van der Waals surface area contributed by atoms with Gasteiger partial charge in [-0.25, -0.2) is 0 Å². The van der Waals surface area contributed by atoms with Crippen molar-refractivity contribution in [3.05, 3.63) is 0 Å². The van der Waals surface area contributed by atoms with Gasteiger partial charge in [-0.15, -0.1) is 0 Å². The lowest BCUT2D eigenvalue weighted by Crippen LogP contribution is -2.49. The molecule has 2 saturated heterocycles. The normalized spacial score (nSPS) is 34.2. The second-order valence-electron chi connectivity index (χ2n) is 7.16. The van der Waals surface area contributed by atoms with Gasteiger partial charge in [-0.1, -0.05) is 27.7 Å². The van der Waals surface area contributed by atoms with Crippen molar-refractivity contribution in [2.45, 2.75) is 77.9 Å². The Balaban J connectivity index is 1.86. The minimum absolute atomic E-state index is 0.484. The fraction of sp³-hybridized carbons (Fsp3) is 1.00. The molecular weight excluding hydrogens is 208 g/mol. The van der Waals surface area contributed by atoms with Gasteiger partial charge < -0.3 is 5.32 Å². The van der Waals surface area contributed by atoms with Crippen LogP contribution in [0.3, 0.4) is 0 Å². The third kappa shape index (κ3) is 3.45. The fourth-order valence-electron chi connectivity index (χ4n) is 3.56. The van der Waals surface area contributed by atoms with Gasteiger partial charge >= 0.3 is 0 Å². The van der Waals surface area contributed by atoms with E-state index in [1.807, 2.05) is 0 Å². The molecule has 0 radical (unpaired) electrons. The lowest BCUT2D eigenvalue weighted by atomic mass is 9.90. The monoisotopic (exact) mass is 238 g/mol. The molecule has 0 amide bonds. The summed E-state index contributed by atoms with van der Waals surface area (Å²) >= 11 is 0. The van der Waals surface area contributed by atoms with E-state index >= 15 is 0 Å². The SMILES string of the molecule is CCNC1CC2CCC(C1)N2CCC(C)(C)C. The van der Waals surface area contributed by atoms with E-state index in [0.29, 0.717) is 5.41 Å². The molecule has 2 fully saturated rings. The molecule has 2 heteroatoms. The highest BCUT2D eigenvalue weighted by Crippen LogP contribution is 2.36. The number of hydrogen-bond acceptors (Lipinski definition) is 2. The van der Waals surface area contributed by atoms with Crippen LogP contribution in [0.15, 0.2) is 0 Å². The largest absolute Gasteiger partial charge is 0.314 e. The van der Waals surface area contributed by atoms with Crippen LogP contribution in [0, 0.1) is 5.41 Å². The van der Waals surface area contributed by atoms with E-state index in [9.17, 15) is 0 Å². The second kappa shape index (κ2) is 5.27. The molecule has 1 N–H and O–H groups in total. The number of piperidine rings is 1. The van der Waals surface area contributed by atoms with Crippen molar-refractivity contribution < 1.29 is 0 Å². The van der Waals surface area contributed by atoms with Crippen molar-refractivity contribution in [3.63, 3.8) is 0 Å². The summed E-state index contributed by atoms with van der Waals surface area (Å²) in [5.74, 6) is 0. The van der Waals surface area contributed by atoms with E-state index in [0.717, 1.165) is 24.7 Å². The summed E-state index contributed by atoms with van der Waals surface area (Å²) in [7, 11) is 0. The van der Waals surface area contributed by atoms with Crippen molar-refractivity contribution in [1.82, 2.24) is 10.2 Å². The van der Waals surface area contributed by atoms with E-state index in [1.165, 1.54) is 38.6 Å². The first-order chi connectivity index (χ1) is 7.99. The maximum Gasteiger partial charge on any atom is 0.0114 e. The molecule has 0 aromatic rings. The average molecular weight is 238 g/mol. The summed E-state index contributed by atoms with van der Waals surface area (Å²) in [6.07, 6.45) is 6.99. The molecule has 2 aliphatic rings. The molecule has 2 aliphatic heterocycles. The van der Waals surface area contributed by atoms with Gasteiger partial charge in [-0.3, -0.25) is 4.90 Å². The van der Waals surface area contributed by atoms with E-state index in [1.54, 1.807) is 0 Å². The maximum absolute atomic E-state index is 3.65. The van der Waals surface area contributed by atoms with Gasteiger partial charge in [0.1, 0.15) is 0 Å². The van der Waals surface area contributed by atoms with Crippen LogP contribution in [0.2, 0.25) is 0 Å². The van der Waals surface area contributed by atoms with Gasteiger partial charge in [0.05, 0.1) is 0 Å². The van der Waals surface area contributed by atoms with E-state index in [-0.39, 0.29) is 0 Å². The van der Waals surface area contributed by atoms with Crippen LogP contribution < -0.4 is 5.32 Å². The van der Waals surface area contributed by atoms with Gasteiger partial charge in [-0.2, -0.15) is 0 Å². The van der Waals surface area contributed by atoms with Gasteiger partial charge in [0.15, 0.2) is 0 Å². The highest BCUT2D eigenvalue weighted by molar-refractivity contribution is 4.97. The Morgan fingerprint density at radius 3 is 2.18 bits per heavy atom. The molecule has 2 heterocycles. The molecular formula is C15H30N2. The smallest absolute Gasteiger partial charge is 0.0114 e. The highest BCUT2D eigenvalue weighted by atomic mass is 15.2. The van der Waals surface area contributed by atoms with Crippen molar-refractivity contribution in [2.24, 2.45) is 5.41 Å². The van der Waals surface area contributed by atoms with Crippen LogP contribution in [-0.4, -0.2) is 36.1 Å². The molecule has 0 aromatic heterocycles. The van der Waals surface area contributed by atoms with Crippen LogP contribution in [0.1, 0.15) is 59.8 Å². The first-order valence-corrected chi connectivity index (χ1v) is 7.49. The predicted octanol–water partition coefficient (Wildman–Crippen LogP) is 3.03. The quantitative estimate of drug-likeness (QED) is 0.810. The van der Waals surface area contributed by atoms with Crippen LogP contribution in [0.4, 0.5) is 0 Å². The number of nitrogens with one attached hydrogen (secondary N) is 1. The zero-order chi connectivity index (χ0) is 12.5. The lowest BCUT2D eigenvalue weighted by molar-refractivity contribution is 0.103. The number of nitrogens with zero attached hydrogens (tertiary/aromatic N) is 1. The van der Waals surface area contributed by atoms with E-state index in [4.69, 9.17) is 0 Å².